The molecule has 0 N–H and O–H groups in total. The van der Waals surface area contributed by atoms with Crippen LogP contribution in [0, 0.1) is 6.08 Å². The van der Waals surface area contributed by atoms with Crippen molar-refractivity contribution in [1.29, 1.82) is 0 Å². The molecule has 0 aromatic heterocycles. The van der Waals surface area contributed by atoms with E-state index in [1.165, 1.54) is 0 Å². The third-order valence-electron chi connectivity index (χ3n) is 0.534. The van der Waals surface area contributed by atoms with Crippen molar-refractivity contribution in [3.8, 4) is 0 Å². The van der Waals surface area contributed by atoms with Crippen LogP contribution in [-0.2, 0) is 15.9 Å². The summed E-state index contributed by atoms with van der Waals surface area (Å²) in [4.78, 5) is 0. The first-order chi connectivity index (χ1) is 3.41. The van der Waals surface area contributed by atoms with Gasteiger partial charge in [-0.05, 0) is 13.0 Å². The van der Waals surface area contributed by atoms with Crippen molar-refractivity contribution in [2.45, 2.75) is 13.3 Å². The molecule has 0 atom stereocenters. The highest BCUT2D eigenvalue weighted by Gasteiger charge is 1.90. The Morgan fingerprint density at radius 3 is 3.00 bits per heavy atom. The number of rotatable bonds is 3. The monoisotopic (exact) mass is 116 g/mol. The Labute approximate surface area is 47.9 Å². The van der Waals surface area contributed by atoms with Crippen molar-refractivity contribution in [3.63, 3.8) is 0 Å². The van der Waals surface area contributed by atoms with E-state index >= 15 is 0 Å². The number of allylic oxidation sites excluding steroid dienone is 2. The van der Waals surface area contributed by atoms with Crippen molar-refractivity contribution in [2.24, 2.45) is 0 Å². The fourth-order valence-corrected chi connectivity index (χ4v) is 0.446. The first kappa shape index (κ1) is 6.76. The lowest BCUT2D eigenvalue weighted by Crippen LogP contribution is -1.74. The van der Waals surface area contributed by atoms with Gasteiger partial charge in [-0.15, -0.1) is 0 Å². The van der Waals surface area contributed by atoms with Gasteiger partial charge in [0.25, 0.3) is 0 Å². The van der Waals surface area contributed by atoms with Crippen molar-refractivity contribution in [2.75, 3.05) is 5.75 Å². The Morgan fingerprint density at radius 1 is 1.86 bits per heavy atom. The standard InChI is InChI=1S/C5H8OS/c1-2-3-4-5-7-6/h2H,4-5H2,1H3/q+1. The van der Waals surface area contributed by atoms with Gasteiger partial charge in [0, 0.05) is 10.6 Å². The molecule has 0 bridgehead atoms. The van der Waals surface area contributed by atoms with Crippen molar-refractivity contribution in [3.05, 3.63) is 12.2 Å². The average molecular weight is 116 g/mol. The average Bonchev–Trinajstić information content (AvgIpc) is 1.69. The summed E-state index contributed by atoms with van der Waals surface area (Å²) in [5, 5.41) is 0. The Balaban J connectivity index is 2.82. The maximum Gasteiger partial charge on any atom is 0.459 e. The third kappa shape index (κ3) is 5.76. The molecule has 0 aromatic rings. The molecule has 2 heteroatoms. The van der Waals surface area contributed by atoms with Gasteiger partial charge in [-0.1, -0.05) is 6.08 Å². The van der Waals surface area contributed by atoms with Crippen LogP contribution in [0.2, 0.25) is 0 Å². The zero-order valence-corrected chi connectivity index (χ0v) is 5.12. The van der Waals surface area contributed by atoms with Crippen molar-refractivity contribution >= 4 is 11.7 Å². The van der Waals surface area contributed by atoms with E-state index in [4.69, 9.17) is 0 Å². The zero-order valence-electron chi connectivity index (χ0n) is 4.31. The summed E-state index contributed by atoms with van der Waals surface area (Å²) in [5.41, 5.74) is 0. The van der Waals surface area contributed by atoms with Crippen molar-refractivity contribution < 1.29 is 4.21 Å². The van der Waals surface area contributed by atoms with Crippen molar-refractivity contribution in [1.82, 2.24) is 0 Å². The lowest BCUT2D eigenvalue weighted by Gasteiger charge is -1.65. The van der Waals surface area contributed by atoms with Crippen LogP contribution in [-0.4, -0.2) is 5.75 Å². The first-order valence-corrected chi connectivity index (χ1v) is 3.09. The summed E-state index contributed by atoms with van der Waals surface area (Å²) < 4.78 is 9.67. The van der Waals surface area contributed by atoms with E-state index in [0.717, 1.165) is 6.42 Å². The maximum absolute atomic E-state index is 9.67. The van der Waals surface area contributed by atoms with Crippen LogP contribution in [0.15, 0.2) is 6.08 Å². The van der Waals surface area contributed by atoms with Gasteiger partial charge in [0.15, 0.2) is 0 Å². The van der Waals surface area contributed by atoms with Crippen LogP contribution < -0.4 is 0 Å². The Hall–Kier alpha value is -0.240. The summed E-state index contributed by atoms with van der Waals surface area (Å²) in [5.74, 6) is 0.643. The molecule has 39 valence electrons. The minimum absolute atomic E-state index is 0.609. The molecule has 0 unspecified atom stereocenters. The van der Waals surface area contributed by atoms with Gasteiger partial charge in [-0.25, -0.2) is 0 Å². The molecule has 0 heterocycles. The van der Waals surface area contributed by atoms with Gasteiger partial charge in [0.2, 0.25) is 5.75 Å². The van der Waals surface area contributed by atoms with E-state index < -0.39 is 0 Å². The summed E-state index contributed by atoms with van der Waals surface area (Å²) in [6.07, 6.45) is 5.52. The Morgan fingerprint density at radius 2 is 2.57 bits per heavy atom. The molecule has 0 saturated carbocycles. The summed E-state index contributed by atoms with van der Waals surface area (Å²) >= 11 is 0.609. The molecule has 0 spiro atoms. The molecule has 0 fully saturated rings. The highest BCUT2D eigenvalue weighted by Crippen LogP contribution is 1.77. The van der Waals surface area contributed by atoms with Gasteiger partial charge in [0.05, 0.1) is 0 Å². The summed E-state index contributed by atoms with van der Waals surface area (Å²) in [7, 11) is 0. The molecule has 0 aromatic carbocycles. The summed E-state index contributed by atoms with van der Waals surface area (Å²) in [6, 6.07) is 0. The molecule has 7 heavy (non-hydrogen) atoms. The first-order valence-electron chi connectivity index (χ1n) is 2.17. The largest absolute Gasteiger partial charge is 0.459 e. The molecule has 1 nitrogen and oxygen atoms in total. The molecule has 1 radical (unpaired) electrons. The zero-order chi connectivity index (χ0) is 5.54. The van der Waals surface area contributed by atoms with Gasteiger partial charge in [0.1, 0.15) is 0 Å². The molecule has 0 aliphatic rings. The molecular weight excluding hydrogens is 108 g/mol. The van der Waals surface area contributed by atoms with Crippen LogP contribution in [0.4, 0.5) is 0 Å². The lowest BCUT2D eigenvalue weighted by atomic mass is 10.4. The number of hydrogen-bond donors (Lipinski definition) is 0. The smallest absolute Gasteiger partial charge is 0.0840 e. The molecule has 0 amide bonds. The predicted molar refractivity (Wildman–Crippen MR) is 31.0 cm³/mol. The second-order valence-corrected chi connectivity index (χ2v) is 1.71. The van der Waals surface area contributed by atoms with Crippen LogP contribution in [0.3, 0.4) is 0 Å². The minimum atomic E-state index is 0.609. The molecule has 0 aliphatic heterocycles. The second-order valence-electron chi connectivity index (χ2n) is 1.06. The molecule has 0 saturated heterocycles. The van der Waals surface area contributed by atoms with E-state index in [9.17, 15) is 4.21 Å². The molecule has 0 rings (SSSR count). The van der Waals surface area contributed by atoms with Crippen LogP contribution >= 0.6 is 0 Å². The van der Waals surface area contributed by atoms with E-state index in [2.05, 4.69) is 6.08 Å². The van der Waals surface area contributed by atoms with E-state index in [1.54, 1.807) is 0 Å². The SMILES string of the molecule is C/C=[C]/CC[S+]=O. The van der Waals surface area contributed by atoms with Gasteiger partial charge >= 0.3 is 11.7 Å². The maximum atomic E-state index is 9.67. The van der Waals surface area contributed by atoms with Crippen LogP contribution in [0.5, 0.6) is 0 Å². The van der Waals surface area contributed by atoms with Gasteiger partial charge in [-0.2, -0.15) is 0 Å². The second kappa shape index (κ2) is 5.76. The summed E-state index contributed by atoms with van der Waals surface area (Å²) in [6.45, 7) is 1.90. The van der Waals surface area contributed by atoms with E-state index in [0.29, 0.717) is 17.4 Å². The molecule has 0 aliphatic carbocycles. The Kier molecular flexibility index (Phi) is 5.56. The molecular formula is C5H8OS+. The topological polar surface area (TPSA) is 17.1 Å². The minimum Gasteiger partial charge on any atom is -0.0840 e. The van der Waals surface area contributed by atoms with Crippen LogP contribution in [0.1, 0.15) is 13.3 Å². The normalized spacial score (nSPS) is 9.86. The highest BCUT2D eigenvalue weighted by molar-refractivity contribution is 7.65. The Bertz CT molecular complexity index is 68.5. The third-order valence-corrected chi connectivity index (χ3v) is 0.905. The van der Waals surface area contributed by atoms with Crippen LogP contribution in [0.25, 0.3) is 0 Å². The fourth-order valence-electron chi connectivity index (χ4n) is 0.245. The fraction of sp³-hybridized carbons (Fsp3) is 0.600. The predicted octanol–water partition coefficient (Wildman–Crippen LogP) is 1.18. The highest BCUT2D eigenvalue weighted by atomic mass is 32.1. The van der Waals surface area contributed by atoms with E-state index in [1.807, 2.05) is 13.0 Å². The van der Waals surface area contributed by atoms with E-state index in [-0.39, 0.29) is 0 Å². The number of hydrogen-bond acceptors (Lipinski definition) is 1. The quantitative estimate of drug-likeness (QED) is 0.400. The van der Waals surface area contributed by atoms with Gasteiger partial charge < -0.3 is 0 Å². The lowest BCUT2D eigenvalue weighted by molar-refractivity contribution is 0.604. The van der Waals surface area contributed by atoms with Gasteiger partial charge in [-0.3, -0.25) is 0 Å².